The van der Waals surface area contributed by atoms with Gasteiger partial charge in [0.25, 0.3) is 0 Å². The molecule has 2 rings (SSSR count). The number of carbonyl (C=O) groups is 2. The van der Waals surface area contributed by atoms with Crippen LogP contribution in [0, 0.1) is 6.07 Å². The Morgan fingerprint density at radius 1 is 0.912 bits per heavy atom. The van der Waals surface area contributed by atoms with Gasteiger partial charge in [-0.05, 0) is 26.0 Å². The van der Waals surface area contributed by atoms with Crippen molar-refractivity contribution in [2.24, 2.45) is 0 Å². The zero-order valence-electron chi connectivity index (χ0n) is 18.8. The van der Waals surface area contributed by atoms with Gasteiger partial charge in [-0.15, -0.1) is 42.5 Å². The van der Waals surface area contributed by atoms with Crippen LogP contribution in [0.3, 0.4) is 0 Å². The van der Waals surface area contributed by atoms with E-state index in [2.05, 4.69) is 19.2 Å². The average Bonchev–Trinajstić information content (AvgIpc) is 2.67. The first-order valence-corrected chi connectivity index (χ1v) is 10.8. The van der Waals surface area contributed by atoms with Gasteiger partial charge >= 0.3 is 81.7 Å². The number of hydrogen-bond acceptors (Lipinski definition) is 10. The smallest absolute Gasteiger partial charge is 0.745 e. The topological polar surface area (TPSA) is 161 Å². The molecule has 0 aliphatic carbocycles. The molecule has 0 saturated heterocycles. The summed E-state index contributed by atoms with van der Waals surface area (Å²) < 4.78 is 70.4. The van der Waals surface area contributed by atoms with Crippen molar-refractivity contribution in [2.75, 3.05) is 0 Å². The second kappa shape index (κ2) is 15.4. The number of benzene rings is 2. The molecule has 0 aliphatic rings. The van der Waals surface area contributed by atoms with Crippen LogP contribution in [0.1, 0.15) is 13.8 Å². The molecule has 2 aromatic rings. The van der Waals surface area contributed by atoms with Gasteiger partial charge in [0.05, 0.1) is 0 Å². The van der Waals surface area contributed by atoms with Crippen molar-refractivity contribution in [1.29, 1.82) is 0 Å². The number of carbonyl (C=O) groups excluding carboxylic acids is 2. The van der Waals surface area contributed by atoms with Crippen molar-refractivity contribution in [3.63, 3.8) is 0 Å². The van der Waals surface area contributed by atoms with Crippen molar-refractivity contribution in [1.82, 2.24) is 0 Å². The second-order valence-electron chi connectivity index (χ2n) is 6.09. The molecule has 0 saturated carbocycles. The number of ether oxygens (including phenoxy) is 2. The predicted octanol–water partition coefficient (Wildman–Crippen LogP) is -3.98. The van der Waals surface area contributed by atoms with E-state index in [-0.39, 0.29) is 92.9 Å². The van der Waals surface area contributed by atoms with Gasteiger partial charge in [0.15, 0.2) is 0 Å². The first kappa shape index (κ1) is 34.6. The van der Waals surface area contributed by atoms with E-state index in [4.69, 9.17) is 22.1 Å². The van der Waals surface area contributed by atoms with Crippen LogP contribution in [0.5, 0.6) is 11.5 Å². The van der Waals surface area contributed by atoms with Crippen LogP contribution in [0.15, 0.2) is 65.6 Å². The van der Waals surface area contributed by atoms with E-state index >= 15 is 0 Å². The first-order chi connectivity index (χ1) is 14.7. The zero-order chi connectivity index (χ0) is 24.6. The molecule has 0 aliphatic heterocycles. The van der Waals surface area contributed by atoms with Crippen LogP contribution in [0.4, 0.5) is 0 Å². The number of rotatable bonds is 6. The minimum absolute atomic E-state index is 0. The van der Waals surface area contributed by atoms with E-state index in [9.17, 15) is 22.6 Å². The summed E-state index contributed by atoms with van der Waals surface area (Å²) in [5.74, 6) is -1.31. The first-order valence-electron chi connectivity index (χ1n) is 8.36. The minimum Gasteiger partial charge on any atom is -0.745 e. The Morgan fingerprint density at radius 2 is 1.35 bits per heavy atom. The number of esters is 2. The van der Waals surface area contributed by atoms with Crippen molar-refractivity contribution in [3.8, 4) is 22.6 Å². The molecule has 0 heterocycles. The van der Waals surface area contributed by atoms with Gasteiger partial charge in [-0.25, -0.2) is 18.0 Å². The van der Waals surface area contributed by atoms with E-state index < -0.39 is 37.6 Å². The van der Waals surface area contributed by atoms with Crippen LogP contribution in [0.2, 0.25) is 0 Å². The third kappa shape index (κ3) is 11.7. The Hall–Kier alpha value is -1.61. The summed E-state index contributed by atoms with van der Waals surface area (Å²) in [6.45, 7) is 9.82. The monoisotopic (exact) mass is 526 g/mol. The quantitative estimate of drug-likeness (QED) is 0.0907. The summed E-state index contributed by atoms with van der Waals surface area (Å²) >= 11 is 0. The second-order valence-corrected chi connectivity index (χ2v) is 7.85. The third-order valence-electron chi connectivity index (χ3n) is 3.41. The van der Waals surface area contributed by atoms with E-state index in [0.717, 1.165) is 6.07 Å². The van der Waals surface area contributed by atoms with Gasteiger partial charge in [-0.2, -0.15) is 0 Å². The van der Waals surface area contributed by atoms with Crippen LogP contribution >= 0.6 is 0 Å². The summed E-state index contributed by atoms with van der Waals surface area (Å²) in [6, 6.07) is 10.6. The van der Waals surface area contributed by atoms with E-state index in [1.54, 1.807) is 0 Å². The molecule has 14 heteroatoms. The van der Waals surface area contributed by atoms with E-state index in [1.807, 2.05) is 0 Å². The summed E-state index contributed by atoms with van der Waals surface area (Å²) in [4.78, 5) is 22.5. The molecule has 0 aromatic heterocycles. The molecule has 0 amide bonds. The molecule has 0 unspecified atom stereocenters. The fourth-order valence-electron chi connectivity index (χ4n) is 2.03. The normalized spacial score (nSPS) is 9.62. The average molecular weight is 526 g/mol. The third-order valence-corrected chi connectivity index (χ3v) is 4.29. The number of hydrogen-bond donors (Lipinski definition) is 0. The Bertz CT molecular complexity index is 1280. The Balaban J connectivity index is 0. The Kier molecular flexibility index (Phi) is 15.7. The largest absolute Gasteiger partial charge is 1.00 e. The predicted molar refractivity (Wildman–Crippen MR) is 109 cm³/mol. The zero-order valence-corrected chi connectivity index (χ0v) is 24.4. The van der Waals surface area contributed by atoms with Crippen LogP contribution in [-0.4, -0.2) is 37.5 Å². The Labute approximate surface area is 242 Å². The van der Waals surface area contributed by atoms with Gasteiger partial charge < -0.3 is 14.0 Å². The fraction of sp³-hybridized carbons (Fsp3) is 0.100. The molecule has 0 bridgehead atoms. The summed E-state index contributed by atoms with van der Waals surface area (Å²) in [5, 5.41) is 0. The van der Waals surface area contributed by atoms with Crippen LogP contribution in [-0.2, 0) is 30.3 Å². The summed E-state index contributed by atoms with van der Waals surface area (Å²) in [7, 11) is -7.99. The van der Waals surface area contributed by atoms with Crippen LogP contribution < -0.4 is 68.6 Å². The molecular formula is C20H16Na2O10S2. The standard InChI is InChI=1S/C20H17O7S.2Na.O3S/c1-12(2)19(21)26-15-7-5-14(6-8-15)17-10-9-16(27-20(22)13(3)4)11-18(17)28(23,24)25;;;1-4(2)3/h5,7-11H,1,3H2,2,4H3,(H,23,24,25);;;/q-1;2*+1;/p-1. The Morgan fingerprint density at radius 3 is 1.74 bits per heavy atom. The molecule has 10 nitrogen and oxygen atoms in total. The van der Waals surface area contributed by atoms with Gasteiger partial charge in [0, 0.05) is 21.8 Å². The fourth-order valence-corrected chi connectivity index (χ4v) is 2.73. The molecule has 2 aromatic carbocycles. The van der Waals surface area contributed by atoms with Crippen LogP contribution in [0.25, 0.3) is 11.1 Å². The molecule has 0 radical (unpaired) electrons. The molecular weight excluding hydrogens is 510 g/mol. The van der Waals surface area contributed by atoms with Gasteiger partial charge in [0.2, 0.25) is 0 Å². The summed E-state index contributed by atoms with van der Waals surface area (Å²) in [6.07, 6.45) is 0. The summed E-state index contributed by atoms with van der Waals surface area (Å²) in [5.41, 5.74) is 0.651. The molecule has 0 spiro atoms. The SMILES string of the molecule is C=C(C)C(=O)Oc1c[c-]c(-c2ccc(OC(=O)C(=C)C)cc2S(=O)(=O)[O-])cc1.O=S(=O)=O.[Na+].[Na+]. The van der Waals surface area contributed by atoms with Crippen molar-refractivity contribution in [2.45, 2.75) is 18.7 Å². The van der Waals surface area contributed by atoms with Crippen molar-refractivity contribution in [3.05, 3.63) is 66.8 Å². The maximum Gasteiger partial charge on any atom is 1.00 e. The maximum atomic E-state index is 11.7. The minimum atomic E-state index is -4.88. The van der Waals surface area contributed by atoms with Crippen molar-refractivity contribution < 1.29 is 104 Å². The molecule has 0 fully saturated rings. The molecule has 170 valence electrons. The van der Waals surface area contributed by atoms with Crippen molar-refractivity contribution >= 4 is 32.7 Å². The van der Waals surface area contributed by atoms with E-state index in [1.165, 1.54) is 44.2 Å². The van der Waals surface area contributed by atoms with Gasteiger partial charge in [-0.1, -0.05) is 24.8 Å². The van der Waals surface area contributed by atoms with E-state index in [0.29, 0.717) is 0 Å². The maximum absolute atomic E-state index is 11.7. The van der Waals surface area contributed by atoms with Gasteiger partial charge in [-0.3, -0.25) is 0 Å². The molecule has 0 N–H and O–H groups in total. The van der Waals surface area contributed by atoms with Gasteiger partial charge in [0.1, 0.15) is 15.9 Å². The molecule has 0 atom stereocenters. The molecule has 34 heavy (non-hydrogen) atoms.